The van der Waals surface area contributed by atoms with E-state index in [1.807, 2.05) is 6.92 Å². The van der Waals surface area contributed by atoms with Crippen LogP contribution in [0.5, 0.6) is 5.75 Å². The molecule has 0 saturated carbocycles. The van der Waals surface area contributed by atoms with Gasteiger partial charge in [0, 0.05) is 24.3 Å². The second-order valence-electron chi connectivity index (χ2n) is 4.71. The van der Waals surface area contributed by atoms with Crippen LogP contribution in [0.25, 0.3) is 0 Å². The van der Waals surface area contributed by atoms with Gasteiger partial charge in [-0.2, -0.15) is 0 Å². The van der Waals surface area contributed by atoms with Gasteiger partial charge in [0.15, 0.2) is 0 Å². The van der Waals surface area contributed by atoms with Gasteiger partial charge in [-0.3, -0.25) is 9.59 Å². The lowest BCUT2D eigenvalue weighted by Gasteiger charge is -2.05. The zero-order chi connectivity index (χ0) is 15.7. The third-order valence-electron chi connectivity index (χ3n) is 2.58. The molecule has 0 aliphatic heterocycles. The van der Waals surface area contributed by atoms with Crippen LogP contribution in [0, 0.1) is 0 Å². The van der Waals surface area contributed by atoms with Crippen LogP contribution in [0.1, 0.15) is 32.6 Å². The fraction of sp³-hybridized carbons (Fsp3) is 0.375. The van der Waals surface area contributed by atoms with Crippen molar-refractivity contribution in [2.75, 3.05) is 6.61 Å². The maximum Gasteiger partial charge on any atom is 0.311 e. The third-order valence-corrected chi connectivity index (χ3v) is 2.82. The maximum absolute atomic E-state index is 11.6. The van der Waals surface area contributed by atoms with E-state index in [2.05, 4.69) is 6.58 Å². The highest BCUT2D eigenvalue weighted by Gasteiger charge is 2.08. The molecule has 4 nitrogen and oxygen atoms in total. The Labute approximate surface area is 129 Å². The highest BCUT2D eigenvalue weighted by atomic mass is 35.5. The molecule has 0 aromatic heterocycles. The summed E-state index contributed by atoms with van der Waals surface area (Å²) in [6.07, 6.45) is 1.40. The number of esters is 2. The number of carbonyl (C=O) groups is 2. The first-order valence-corrected chi connectivity index (χ1v) is 7.11. The Hall–Kier alpha value is -1.81. The van der Waals surface area contributed by atoms with Crippen LogP contribution in [-0.2, 0) is 14.3 Å². The number of halogens is 1. The molecule has 1 aromatic rings. The molecule has 0 amide bonds. The second-order valence-corrected chi connectivity index (χ2v) is 5.15. The fourth-order valence-corrected chi connectivity index (χ4v) is 1.68. The average Bonchev–Trinajstić information content (AvgIpc) is 2.38. The Bertz CT molecular complexity index is 511. The smallest absolute Gasteiger partial charge is 0.311 e. The van der Waals surface area contributed by atoms with Crippen LogP contribution < -0.4 is 4.74 Å². The van der Waals surface area contributed by atoms with Crippen molar-refractivity contribution in [1.29, 1.82) is 0 Å². The van der Waals surface area contributed by atoms with Gasteiger partial charge in [0.25, 0.3) is 0 Å². The Morgan fingerprint density at radius 3 is 2.57 bits per heavy atom. The minimum absolute atomic E-state index is 0.155. The monoisotopic (exact) mass is 310 g/mol. The number of ether oxygens (including phenoxy) is 2. The molecule has 1 aromatic carbocycles. The summed E-state index contributed by atoms with van der Waals surface area (Å²) in [5.74, 6) is -0.310. The molecular weight excluding hydrogens is 292 g/mol. The number of rotatable bonds is 8. The summed E-state index contributed by atoms with van der Waals surface area (Å²) >= 11 is 5.79. The van der Waals surface area contributed by atoms with Crippen molar-refractivity contribution in [1.82, 2.24) is 0 Å². The molecule has 0 radical (unpaired) electrons. The predicted molar refractivity (Wildman–Crippen MR) is 81.3 cm³/mol. The molecule has 0 bridgehead atoms. The lowest BCUT2D eigenvalue weighted by Crippen LogP contribution is -2.10. The van der Waals surface area contributed by atoms with E-state index in [0.29, 0.717) is 30.2 Å². The Balaban J connectivity index is 2.18. The van der Waals surface area contributed by atoms with Gasteiger partial charge < -0.3 is 9.47 Å². The summed E-state index contributed by atoms with van der Waals surface area (Å²) in [4.78, 5) is 23.0. The average molecular weight is 311 g/mol. The fourth-order valence-electron chi connectivity index (χ4n) is 1.50. The van der Waals surface area contributed by atoms with Gasteiger partial charge in [0.2, 0.25) is 0 Å². The first-order chi connectivity index (χ1) is 9.97. The molecular formula is C16H19ClO4. The van der Waals surface area contributed by atoms with E-state index in [9.17, 15) is 9.59 Å². The molecule has 5 heteroatoms. The molecule has 0 aliphatic rings. The van der Waals surface area contributed by atoms with Gasteiger partial charge in [0.05, 0.1) is 6.61 Å². The van der Waals surface area contributed by atoms with E-state index in [4.69, 9.17) is 21.1 Å². The minimum atomic E-state index is -0.396. The van der Waals surface area contributed by atoms with Crippen LogP contribution in [0.4, 0.5) is 0 Å². The van der Waals surface area contributed by atoms with E-state index in [-0.39, 0.29) is 18.8 Å². The van der Waals surface area contributed by atoms with Crippen LogP contribution in [0.2, 0.25) is 5.02 Å². The number of carbonyl (C=O) groups excluding carboxylic acids is 2. The predicted octanol–water partition coefficient (Wildman–Crippen LogP) is 3.93. The van der Waals surface area contributed by atoms with Gasteiger partial charge >= 0.3 is 11.9 Å². The van der Waals surface area contributed by atoms with Crippen molar-refractivity contribution in [2.45, 2.75) is 32.6 Å². The number of benzene rings is 1. The highest BCUT2D eigenvalue weighted by Crippen LogP contribution is 2.17. The van der Waals surface area contributed by atoms with Crippen molar-refractivity contribution in [3.05, 3.63) is 41.4 Å². The SMILES string of the molecule is C=C(C)CCOC(=O)CCCC(=O)Oc1cccc(Cl)c1. The molecule has 0 spiro atoms. The van der Waals surface area contributed by atoms with Gasteiger partial charge in [-0.05, 0) is 31.5 Å². The van der Waals surface area contributed by atoms with Gasteiger partial charge in [-0.1, -0.05) is 23.2 Å². The van der Waals surface area contributed by atoms with Crippen molar-refractivity contribution in [2.24, 2.45) is 0 Å². The first kappa shape index (κ1) is 17.2. The van der Waals surface area contributed by atoms with Crippen LogP contribution in [-0.4, -0.2) is 18.5 Å². The summed E-state index contributed by atoms with van der Waals surface area (Å²) in [5.41, 5.74) is 0.966. The molecule has 0 aliphatic carbocycles. The summed E-state index contributed by atoms with van der Waals surface area (Å²) in [7, 11) is 0. The molecule has 0 atom stereocenters. The largest absolute Gasteiger partial charge is 0.465 e. The van der Waals surface area contributed by atoms with Crippen LogP contribution in [0.3, 0.4) is 0 Å². The Morgan fingerprint density at radius 2 is 1.90 bits per heavy atom. The van der Waals surface area contributed by atoms with E-state index >= 15 is 0 Å². The van der Waals surface area contributed by atoms with E-state index in [1.165, 1.54) is 0 Å². The van der Waals surface area contributed by atoms with E-state index < -0.39 is 5.97 Å². The van der Waals surface area contributed by atoms with Crippen molar-refractivity contribution in [3.8, 4) is 5.75 Å². The lowest BCUT2D eigenvalue weighted by molar-refractivity contribution is -0.143. The molecule has 1 rings (SSSR count). The van der Waals surface area contributed by atoms with Crippen molar-refractivity contribution < 1.29 is 19.1 Å². The lowest BCUT2D eigenvalue weighted by atomic mass is 10.2. The summed E-state index contributed by atoms with van der Waals surface area (Å²) in [5, 5.41) is 0.501. The first-order valence-electron chi connectivity index (χ1n) is 6.73. The van der Waals surface area contributed by atoms with Gasteiger partial charge in [-0.25, -0.2) is 0 Å². The maximum atomic E-state index is 11.6. The quantitative estimate of drug-likeness (QED) is 0.415. The van der Waals surface area contributed by atoms with Crippen LogP contribution >= 0.6 is 11.6 Å². The summed E-state index contributed by atoms with van der Waals surface area (Å²) < 4.78 is 10.1. The molecule has 21 heavy (non-hydrogen) atoms. The Morgan fingerprint density at radius 1 is 1.19 bits per heavy atom. The molecule has 0 fully saturated rings. The normalized spacial score (nSPS) is 10.0. The van der Waals surface area contributed by atoms with Crippen molar-refractivity contribution >= 4 is 23.5 Å². The Kier molecular flexibility index (Phi) is 7.54. The van der Waals surface area contributed by atoms with Gasteiger partial charge in [-0.15, -0.1) is 6.58 Å². The zero-order valence-electron chi connectivity index (χ0n) is 12.1. The summed E-state index contributed by atoms with van der Waals surface area (Å²) in [6.45, 7) is 5.93. The zero-order valence-corrected chi connectivity index (χ0v) is 12.8. The topological polar surface area (TPSA) is 52.6 Å². The minimum Gasteiger partial charge on any atom is -0.465 e. The third kappa shape index (κ3) is 8.15. The van der Waals surface area contributed by atoms with Gasteiger partial charge in [0.1, 0.15) is 5.75 Å². The van der Waals surface area contributed by atoms with E-state index in [1.54, 1.807) is 24.3 Å². The molecule has 0 N–H and O–H groups in total. The molecule has 0 saturated heterocycles. The standard InChI is InChI=1S/C16H19ClO4/c1-12(2)9-10-20-15(18)7-4-8-16(19)21-14-6-3-5-13(17)11-14/h3,5-6,11H,1,4,7-10H2,2H3. The summed E-state index contributed by atoms with van der Waals surface area (Å²) in [6, 6.07) is 6.60. The second kappa shape index (κ2) is 9.19. The molecule has 114 valence electrons. The van der Waals surface area contributed by atoms with Crippen molar-refractivity contribution in [3.63, 3.8) is 0 Å². The number of hydrogen-bond donors (Lipinski definition) is 0. The van der Waals surface area contributed by atoms with Crippen LogP contribution in [0.15, 0.2) is 36.4 Å². The molecule has 0 unspecified atom stereocenters. The highest BCUT2D eigenvalue weighted by molar-refractivity contribution is 6.30. The number of hydrogen-bond acceptors (Lipinski definition) is 4. The van der Waals surface area contributed by atoms with E-state index in [0.717, 1.165) is 5.57 Å². The molecule has 0 heterocycles.